The zero-order chi connectivity index (χ0) is 21.1. The number of methoxy groups -OCH3 is 1. The third kappa shape index (κ3) is 4.20. The van der Waals surface area contributed by atoms with Crippen molar-refractivity contribution in [3.63, 3.8) is 0 Å². The first-order chi connectivity index (χ1) is 14.4. The fraction of sp³-hybridized carbons (Fsp3) is 0.211. The third-order valence-corrected chi connectivity index (χ3v) is 5.83. The van der Waals surface area contributed by atoms with Crippen molar-refractivity contribution in [2.24, 2.45) is 0 Å². The number of ether oxygens (including phenoxy) is 3. The maximum absolute atomic E-state index is 12.4. The zero-order valence-corrected chi connectivity index (χ0v) is 16.6. The average molecular weight is 431 g/mol. The monoisotopic (exact) mass is 431 g/mol. The van der Waals surface area contributed by atoms with Crippen molar-refractivity contribution in [1.29, 1.82) is 0 Å². The molecule has 2 heterocycles. The van der Waals surface area contributed by atoms with Gasteiger partial charge in [-0.2, -0.15) is 0 Å². The molecule has 1 N–H and O–H groups in total. The number of nitrogens with zero attached hydrogens (tertiary/aromatic N) is 2. The van der Waals surface area contributed by atoms with Crippen molar-refractivity contribution in [2.45, 2.75) is 4.90 Å². The molecule has 0 radical (unpaired) electrons. The van der Waals surface area contributed by atoms with Gasteiger partial charge in [0, 0.05) is 5.56 Å². The molecule has 30 heavy (non-hydrogen) atoms. The number of rotatable bonds is 6. The van der Waals surface area contributed by atoms with E-state index >= 15 is 0 Å². The molecule has 0 unspecified atom stereocenters. The average Bonchev–Trinajstić information content (AvgIpc) is 3.21. The van der Waals surface area contributed by atoms with Gasteiger partial charge in [-0.25, -0.2) is 8.42 Å². The van der Waals surface area contributed by atoms with Gasteiger partial charge in [0.25, 0.3) is 0 Å². The van der Waals surface area contributed by atoms with Crippen LogP contribution in [0.4, 0.5) is 6.01 Å². The number of nitrogens with one attached hydrogen (secondary N) is 1. The number of sulfone groups is 1. The van der Waals surface area contributed by atoms with Crippen LogP contribution in [0.3, 0.4) is 0 Å². The first-order valence-corrected chi connectivity index (χ1v) is 10.5. The quantitative estimate of drug-likeness (QED) is 0.622. The molecule has 1 aliphatic heterocycles. The van der Waals surface area contributed by atoms with Crippen LogP contribution in [0.15, 0.2) is 51.8 Å². The summed E-state index contributed by atoms with van der Waals surface area (Å²) in [5.74, 6) is 0.232. The van der Waals surface area contributed by atoms with Crippen LogP contribution in [-0.2, 0) is 14.6 Å². The van der Waals surface area contributed by atoms with Crippen LogP contribution in [0.1, 0.15) is 0 Å². The maximum atomic E-state index is 12.4. The summed E-state index contributed by atoms with van der Waals surface area (Å²) in [6.45, 7) is 0.910. The minimum atomic E-state index is -3.85. The number of anilines is 1. The number of hydrogen-bond donors (Lipinski definition) is 1. The van der Waals surface area contributed by atoms with Gasteiger partial charge < -0.3 is 18.6 Å². The number of aromatic nitrogens is 2. The largest absolute Gasteiger partial charge is 0.497 e. The molecule has 0 saturated heterocycles. The second-order valence-electron chi connectivity index (χ2n) is 6.25. The summed E-state index contributed by atoms with van der Waals surface area (Å²) < 4.78 is 46.2. The van der Waals surface area contributed by atoms with Crippen LogP contribution in [0.2, 0.25) is 0 Å². The fourth-order valence-corrected chi connectivity index (χ4v) is 3.90. The summed E-state index contributed by atoms with van der Waals surface area (Å²) in [6.07, 6.45) is 0. The predicted octanol–water partition coefficient (Wildman–Crippen LogP) is 1.93. The summed E-state index contributed by atoms with van der Waals surface area (Å²) in [4.78, 5) is 12.2. The molecular weight excluding hydrogens is 414 g/mol. The van der Waals surface area contributed by atoms with Gasteiger partial charge in [-0.05, 0) is 42.5 Å². The second kappa shape index (κ2) is 8.03. The molecule has 11 heteroatoms. The van der Waals surface area contributed by atoms with Crippen molar-refractivity contribution in [3.05, 3.63) is 42.5 Å². The Balaban J connectivity index is 1.43. The van der Waals surface area contributed by atoms with Crippen molar-refractivity contribution < 1.29 is 31.8 Å². The standard InChI is InChI=1S/C19H17N3O7S/c1-26-13-3-5-14(6-4-13)30(24,25)11-17(23)20-19-22-21-18(29-19)12-2-7-15-16(10-12)28-9-8-27-15/h2-7,10H,8-9,11H2,1H3,(H,20,22,23). The van der Waals surface area contributed by atoms with E-state index < -0.39 is 21.5 Å². The van der Waals surface area contributed by atoms with Crippen LogP contribution in [-0.4, -0.2) is 50.6 Å². The molecule has 2 aromatic carbocycles. The number of carbonyl (C=O) groups excluding carboxylic acids is 1. The van der Waals surface area contributed by atoms with E-state index in [1.165, 1.54) is 31.4 Å². The van der Waals surface area contributed by atoms with Gasteiger partial charge in [0.1, 0.15) is 24.7 Å². The van der Waals surface area contributed by atoms with Gasteiger partial charge in [-0.15, -0.1) is 5.10 Å². The van der Waals surface area contributed by atoms with E-state index in [1.807, 2.05) is 0 Å². The number of hydrogen-bond acceptors (Lipinski definition) is 9. The summed E-state index contributed by atoms with van der Waals surface area (Å²) >= 11 is 0. The Hall–Kier alpha value is -3.60. The van der Waals surface area contributed by atoms with Crippen molar-refractivity contribution in [1.82, 2.24) is 10.2 Å². The number of benzene rings is 2. The van der Waals surface area contributed by atoms with E-state index in [9.17, 15) is 13.2 Å². The Morgan fingerprint density at radius 1 is 1.07 bits per heavy atom. The molecular formula is C19H17N3O7S. The van der Waals surface area contributed by atoms with E-state index in [4.69, 9.17) is 18.6 Å². The molecule has 0 atom stereocenters. The number of fused-ring (bicyclic) bond motifs is 1. The molecule has 156 valence electrons. The molecule has 0 bridgehead atoms. The van der Waals surface area contributed by atoms with Gasteiger partial charge >= 0.3 is 6.01 Å². The zero-order valence-electron chi connectivity index (χ0n) is 15.8. The second-order valence-corrected chi connectivity index (χ2v) is 8.24. The Labute approximate surface area is 171 Å². The van der Waals surface area contributed by atoms with Crippen LogP contribution in [0, 0.1) is 0 Å². The predicted molar refractivity (Wildman–Crippen MR) is 104 cm³/mol. The molecule has 0 spiro atoms. The Kier molecular flexibility index (Phi) is 5.27. The highest BCUT2D eigenvalue weighted by molar-refractivity contribution is 7.92. The van der Waals surface area contributed by atoms with Crippen LogP contribution < -0.4 is 19.5 Å². The SMILES string of the molecule is COc1ccc(S(=O)(=O)CC(=O)Nc2nnc(-c3ccc4c(c3)OCCO4)o2)cc1. The van der Waals surface area contributed by atoms with E-state index in [2.05, 4.69) is 15.5 Å². The lowest BCUT2D eigenvalue weighted by Crippen LogP contribution is -2.23. The Bertz CT molecular complexity index is 1170. The highest BCUT2D eigenvalue weighted by atomic mass is 32.2. The number of carbonyl (C=O) groups is 1. The van der Waals surface area contributed by atoms with E-state index in [1.54, 1.807) is 18.2 Å². The van der Waals surface area contributed by atoms with Gasteiger partial charge in [0.05, 0.1) is 12.0 Å². The Morgan fingerprint density at radius 2 is 1.80 bits per heavy atom. The van der Waals surface area contributed by atoms with Gasteiger partial charge in [-0.1, -0.05) is 5.10 Å². The van der Waals surface area contributed by atoms with Crippen molar-refractivity contribution in [2.75, 3.05) is 31.4 Å². The molecule has 0 fully saturated rings. The lowest BCUT2D eigenvalue weighted by atomic mass is 10.2. The summed E-state index contributed by atoms with van der Waals surface area (Å²) in [6, 6.07) is 10.6. The molecule has 1 aliphatic rings. The summed E-state index contributed by atoms with van der Waals surface area (Å²) in [5, 5.41) is 9.91. The molecule has 0 aliphatic carbocycles. The molecule has 1 amide bonds. The topological polar surface area (TPSA) is 130 Å². The highest BCUT2D eigenvalue weighted by Gasteiger charge is 2.22. The molecule has 10 nitrogen and oxygen atoms in total. The molecule has 0 saturated carbocycles. The van der Waals surface area contributed by atoms with Crippen LogP contribution in [0.5, 0.6) is 17.2 Å². The molecule has 3 aromatic rings. The summed E-state index contributed by atoms with van der Waals surface area (Å²) in [7, 11) is -2.38. The lowest BCUT2D eigenvalue weighted by Gasteiger charge is -2.18. The fourth-order valence-electron chi connectivity index (χ4n) is 2.76. The van der Waals surface area contributed by atoms with Gasteiger partial charge in [0.2, 0.25) is 11.8 Å². The highest BCUT2D eigenvalue weighted by Crippen LogP contribution is 2.34. The normalized spacial score (nSPS) is 13.0. The number of amides is 1. The first-order valence-electron chi connectivity index (χ1n) is 8.85. The van der Waals surface area contributed by atoms with Crippen LogP contribution in [0.25, 0.3) is 11.5 Å². The van der Waals surface area contributed by atoms with Crippen molar-refractivity contribution in [3.8, 4) is 28.7 Å². The van der Waals surface area contributed by atoms with Crippen molar-refractivity contribution >= 4 is 21.8 Å². The van der Waals surface area contributed by atoms with E-state index in [0.29, 0.717) is 36.0 Å². The third-order valence-electron chi connectivity index (χ3n) is 4.20. The van der Waals surface area contributed by atoms with E-state index in [-0.39, 0.29) is 16.8 Å². The van der Waals surface area contributed by atoms with Crippen LogP contribution >= 0.6 is 0 Å². The van der Waals surface area contributed by atoms with E-state index in [0.717, 1.165) is 0 Å². The Morgan fingerprint density at radius 3 is 2.53 bits per heavy atom. The minimum Gasteiger partial charge on any atom is -0.497 e. The van der Waals surface area contributed by atoms with Gasteiger partial charge in [-0.3, -0.25) is 10.1 Å². The molecule has 4 rings (SSSR count). The smallest absolute Gasteiger partial charge is 0.322 e. The minimum absolute atomic E-state index is 0.000876. The lowest BCUT2D eigenvalue weighted by molar-refractivity contribution is -0.114. The first kappa shape index (κ1) is 19.7. The van der Waals surface area contributed by atoms with Gasteiger partial charge in [0.15, 0.2) is 21.3 Å². The molecule has 1 aromatic heterocycles. The summed E-state index contributed by atoms with van der Waals surface area (Å²) in [5.41, 5.74) is 0.568. The maximum Gasteiger partial charge on any atom is 0.322 e.